The highest BCUT2D eigenvalue weighted by atomic mass is 32.1. The second kappa shape index (κ2) is 7.19. The Morgan fingerprint density at radius 1 is 1.41 bits per heavy atom. The predicted molar refractivity (Wildman–Crippen MR) is 87.9 cm³/mol. The van der Waals surface area contributed by atoms with Crippen molar-refractivity contribution in [3.63, 3.8) is 0 Å². The maximum Gasteiger partial charge on any atom is 0.265 e. The Morgan fingerprint density at radius 3 is 2.73 bits per heavy atom. The van der Waals surface area contributed by atoms with Gasteiger partial charge < -0.3 is 4.90 Å². The van der Waals surface area contributed by atoms with Gasteiger partial charge in [0.2, 0.25) is 0 Å². The maximum atomic E-state index is 12.5. The molecular weight excluding hydrogens is 294 g/mol. The number of benzene rings is 1. The van der Waals surface area contributed by atoms with Gasteiger partial charge in [0.15, 0.2) is 0 Å². The van der Waals surface area contributed by atoms with E-state index in [1.165, 1.54) is 16.9 Å². The molecule has 0 saturated heterocycles. The molecule has 5 heteroatoms. The van der Waals surface area contributed by atoms with Gasteiger partial charge in [0, 0.05) is 19.5 Å². The summed E-state index contributed by atoms with van der Waals surface area (Å²) in [6.45, 7) is 3.74. The number of hydrogen-bond acceptors (Lipinski definition) is 4. The van der Waals surface area contributed by atoms with Crippen molar-refractivity contribution in [2.45, 2.75) is 32.7 Å². The van der Waals surface area contributed by atoms with Crippen molar-refractivity contribution < 1.29 is 4.79 Å². The molecule has 1 aromatic heterocycles. The van der Waals surface area contributed by atoms with Gasteiger partial charge in [-0.05, 0) is 19.4 Å². The van der Waals surface area contributed by atoms with Gasteiger partial charge in [0.25, 0.3) is 5.91 Å². The summed E-state index contributed by atoms with van der Waals surface area (Å²) < 4.78 is 0. The van der Waals surface area contributed by atoms with E-state index in [1.54, 1.807) is 11.9 Å². The van der Waals surface area contributed by atoms with E-state index >= 15 is 0 Å². The van der Waals surface area contributed by atoms with Gasteiger partial charge in [-0.25, -0.2) is 4.98 Å². The second-order valence-corrected chi connectivity index (χ2v) is 6.40. The van der Waals surface area contributed by atoms with Crippen LogP contribution in [0.5, 0.6) is 0 Å². The van der Waals surface area contributed by atoms with Crippen LogP contribution in [-0.2, 0) is 6.42 Å². The van der Waals surface area contributed by atoms with Gasteiger partial charge >= 0.3 is 0 Å². The predicted octanol–water partition coefficient (Wildman–Crippen LogP) is 3.42. The van der Waals surface area contributed by atoms with Crippen molar-refractivity contribution in [2.24, 2.45) is 0 Å². The van der Waals surface area contributed by atoms with Crippen LogP contribution in [0.3, 0.4) is 0 Å². The van der Waals surface area contributed by atoms with Crippen molar-refractivity contribution >= 4 is 17.2 Å². The Hall–Kier alpha value is -2.19. The molecule has 0 bridgehead atoms. The summed E-state index contributed by atoms with van der Waals surface area (Å²) in [6.07, 6.45) is 1.06. The summed E-state index contributed by atoms with van der Waals surface area (Å²) in [5.74, 6) is -0.0583. The minimum atomic E-state index is -0.100. The third kappa shape index (κ3) is 3.71. The van der Waals surface area contributed by atoms with E-state index in [0.717, 1.165) is 17.1 Å². The molecule has 0 fully saturated rings. The number of carbonyl (C=O) groups is 1. The third-order valence-corrected chi connectivity index (χ3v) is 4.75. The molecule has 1 atom stereocenters. The molecule has 0 saturated carbocycles. The first-order valence-corrected chi connectivity index (χ1v) is 7.99. The molecule has 1 amide bonds. The summed E-state index contributed by atoms with van der Waals surface area (Å²) in [5, 5.41) is 9.70. The van der Waals surface area contributed by atoms with Gasteiger partial charge in [0.1, 0.15) is 4.88 Å². The number of nitriles is 1. The van der Waals surface area contributed by atoms with Crippen LogP contribution in [-0.4, -0.2) is 28.9 Å². The molecule has 0 radical (unpaired) electrons. The first-order chi connectivity index (χ1) is 10.5. The van der Waals surface area contributed by atoms with E-state index in [4.69, 9.17) is 5.26 Å². The highest BCUT2D eigenvalue weighted by Gasteiger charge is 2.22. The van der Waals surface area contributed by atoms with E-state index in [2.05, 4.69) is 23.2 Å². The molecule has 2 aromatic rings. The first kappa shape index (κ1) is 16.2. The van der Waals surface area contributed by atoms with Crippen molar-refractivity contribution in [1.82, 2.24) is 9.88 Å². The molecule has 1 heterocycles. The van der Waals surface area contributed by atoms with Crippen molar-refractivity contribution in [3.8, 4) is 6.07 Å². The smallest absolute Gasteiger partial charge is 0.265 e. The Kier molecular flexibility index (Phi) is 5.29. The summed E-state index contributed by atoms with van der Waals surface area (Å²) >= 11 is 1.44. The fourth-order valence-electron chi connectivity index (χ4n) is 2.13. The van der Waals surface area contributed by atoms with Crippen LogP contribution in [0.2, 0.25) is 0 Å². The number of aryl methyl sites for hydroxylation is 1. The number of nitrogens with zero attached hydrogens (tertiary/aromatic N) is 3. The van der Waals surface area contributed by atoms with E-state index in [0.29, 0.717) is 11.3 Å². The molecule has 0 aliphatic heterocycles. The average Bonchev–Trinajstić information content (AvgIpc) is 2.87. The van der Waals surface area contributed by atoms with Gasteiger partial charge in [-0.15, -0.1) is 11.3 Å². The van der Waals surface area contributed by atoms with Crippen molar-refractivity contribution in [2.75, 3.05) is 7.05 Å². The van der Waals surface area contributed by atoms with Gasteiger partial charge in [-0.2, -0.15) is 5.26 Å². The minimum absolute atomic E-state index is 0.0583. The van der Waals surface area contributed by atoms with E-state index in [-0.39, 0.29) is 11.9 Å². The van der Waals surface area contributed by atoms with Crippen molar-refractivity contribution in [3.05, 3.63) is 51.5 Å². The van der Waals surface area contributed by atoms with Crippen LogP contribution in [0, 0.1) is 18.3 Å². The number of hydrogen-bond donors (Lipinski definition) is 0. The normalized spacial score (nSPS) is 11.7. The standard InChI is InChI=1S/C17H19N3OS/c1-12(9-10-18)20(3)17(21)16-13(2)19-15(22-16)11-14-7-5-4-6-8-14/h4-8,12H,9,11H2,1-3H3. The summed E-state index contributed by atoms with van der Waals surface area (Å²) in [7, 11) is 1.74. The fraction of sp³-hybridized carbons (Fsp3) is 0.353. The average molecular weight is 313 g/mol. The number of amides is 1. The molecule has 2 rings (SSSR count). The molecule has 22 heavy (non-hydrogen) atoms. The first-order valence-electron chi connectivity index (χ1n) is 7.17. The SMILES string of the molecule is Cc1nc(Cc2ccccc2)sc1C(=O)N(C)C(C)CC#N. The van der Waals surface area contributed by atoms with E-state index < -0.39 is 0 Å². The van der Waals surface area contributed by atoms with Crippen LogP contribution in [0.1, 0.15) is 39.3 Å². The zero-order valence-electron chi connectivity index (χ0n) is 13.0. The molecule has 0 spiro atoms. The molecule has 1 unspecified atom stereocenters. The molecular formula is C17H19N3OS. The van der Waals surface area contributed by atoms with Crippen LogP contribution in [0.4, 0.5) is 0 Å². The lowest BCUT2D eigenvalue weighted by molar-refractivity contribution is 0.0750. The van der Waals surface area contributed by atoms with E-state index in [9.17, 15) is 4.79 Å². The number of aromatic nitrogens is 1. The van der Waals surface area contributed by atoms with Crippen LogP contribution < -0.4 is 0 Å². The second-order valence-electron chi connectivity index (χ2n) is 5.31. The minimum Gasteiger partial charge on any atom is -0.337 e. The number of thiazole rings is 1. The highest BCUT2D eigenvalue weighted by molar-refractivity contribution is 7.13. The van der Waals surface area contributed by atoms with Crippen LogP contribution in [0.15, 0.2) is 30.3 Å². The maximum absolute atomic E-state index is 12.5. The van der Waals surface area contributed by atoms with Crippen molar-refractivity contribution in [1.29, 1.82) is 5.26 Å². The van der Waals surface area contributed by atoms with Crippen LogP contribution in [0.25, 0.3) is 0 Å². The van der Waals surface area contributed by atoms with E-state index in [1.807, 2.05) is 32.0 Å². The Bertz CT molecular complexity index is 688. The van der Waals surface area contributed by atoms with Gasteiger partial charge in [-0.3, -0.25) is 4.79 Å². The highest BCUT2D eigenvalue weighted by Crippen LogP contribution is 2.23. The Morgan fingerprint density at radius 2 is 2.09 bits per heavy atom. The fourth-order valence-corrected chi connectivity index (χ4v) is 3.21. The third-order valence-electron chi connectivity index (χ3n) is 3.60. The van der Waals surface area contributed by atoms with Crippen LogP contribution >= 0.6 is 11.3 Å². The Labute approximate surface area is 135 Å². The lowest BCUT2D eigenvalue weighted by Crippen LogP contribution is -2.34. The number of rotatable bonds is 5. The summed E-state index contributed by atoms with van der Waals surface area (Å²) in [5.41, 5.74) is 1.94. The molecule has 0 aliphatic rings. The zero-order valence-corrected chi connectivity index (χ0v) is 13.9. The molecule has 4 nitrogen and oxygen atoms in total. The monoisotopic (exact) mass is 313 g/mol. The Balaban J connectivity index is 2.16. The quantitative estimate of drug-likeness (QED) is 0.850. The number of carbonyl (C=O) groups excluding carboxylic acids is 1. The molecule has 0 N–H and O–H groups in total. The molecule has 1 aromatic carbocycles. The largest absolute Gasteiger partial charge is 0.337 e. The molecule has 0 aliphatic carbocycles. The lowest BCUT2D eigenvalue weighted by atomic mass is 10.2. The summed E-state index contributed by atoms with van der Waals surface area (Å²) in [6, 6.07) is 12.1. The zero-order chi connectivity index (χ0) is 16.1. The topological polar surface area (TPSA) is 57.0 Å². The lowest BCUT2D eigenvalue weighted by Gasteiger charge is -2.22. The van der Waals surface area contributed by atoms with Gasteiger partial charge in [-0.1, -0.05) is 30.3 Å². The van der Waals surface area contributed by atoms with Gasteiger partial charge in [0.05, 0.1) is 23.2 Å². The summed E-state index contributed by atoms with van der Waals surface area (Å²) in [4.78, 5) is 19.3. The molecule has 114 valence electrons.